The van der Waals surface area contributed by atoms with Crippen LogP contribution in [-0.4, -0.2) is 34.5 Å². The number of carbonyl (C=O) groups is 2. The van der Waals surface area contributed by atoms with Gasteiger partial charge in [0.25, 0.3) is 0 Å². The lowest BCUT2D eigenvalue weighted by molar-refractivity contribution is -0.141. The molecule has 0 saturated heterocycles. The van der Waals surface area contributed by atoms with E-state index in [9.17, 15) is 19.8 Å². The van der Waals surface area contributed by atoms with Gasteiger partial charge in [0.1, 0.15) is 6.61 Å². The van der Waals surface area contributed by atoms with Crippen LogP contribution >= 0.6 is 0 Å². The van der Waals surface area contributed by atoms with E-state index in [1.54, 1.807) is 12.2 Å². The van der Waals surface area contributed by atoms with E-state index in [0.717, 1.165) is 31.3 Å². The third-order valence-corrected chi connectivity index (χ3v) is 8.04. The second kappa shape index (κ2) is 5.62. The van der Waals surface area contributed by atoms with E-state index >= 15 is 0 Å². The third-order valence-electron chi connectivity index (χ3n) is 8.04. The summed E-state index contributed by atoms with van der Waals surface area (Å²) in [6, 6.07) is 0. The lowest BCUT2D eigenvalue weighted by Gasteiger charge is -2.58. The molecule has 0 bridgehead atoms. The molecule has 7 atom stereocenters. The number of hydrogen-bond donors (Lipinski definition) is 2. The Morgan fingerprint density at radius 2 is 2.04 bits per heavy atom. The van der Waals surface area contributed by atoms with E-state index in [0.29, 0.717) is 18.3 Å². The predicted octanol–water partition coefficient (Wildman–Crippen LogP) is 2.44. The van der Waals surface area contributed by atoms with Crippen LogP contribution in [0.3, 0.4) is 0 Å². The number of aliphatic hydroxyl groups is 2. The summed E-state index contributed by atoms with van der Waals surface area (Å²) in [7, 11) is 0. The van der Waals surface area contributed by atoms with Gasteiger partial charge in [-0.1, -0.05) is 25.5 Å². The van der Waals surface area contributed by atoms with Gasteiger partial charge in [-0.15, -0.1) is 0 Å². The highest BCUT2D eigenvalue weighted by molar-refractivity contribution is 6.01. The van der Waals surface area contributed by atoms with E-state index in [2.05, 4.69) is 13.8 Å². The van der Waals surface area contributed by atoms with Crippen LogP contribution in [-0.2, 0) is 9.59 Å². The van der Waals surface area contributed by atoms with E-state index < -0.39 is 12.7 Å². The molecule has 0 aromatic heterocycles. The summed E-state index contributed by atoms with van der Waals surface area (Å²) < 4.78 is 0. The smallest absolute Gasteiger partial charge is 0.178 e. The molecule has 5 unspecified atom stereocenters. The van der Waals surface area contributed by atoms with Crippen LogP contribution in [0, 0.1) is 34.5 Å². The van der Waals surface area contributed by atoms with Crippen molar-refractivity contribution in [2.75, 3.05) is 6.61 Å². The molecule has 4 rings (SSSR count). The van der Waals surface area contributed by atoms with E-state index in [4.69, 9.17) is 0 Å². The number of rotatable bonds is 2. The van der Waals surface area contributed by atoms with Crippen LogP contribution in [0.15, 0.2) is 23.8 Å². The van der Waals surface area contributed by atoms with E-state index in [-0.39, 0.29) is 34.2 Å². The number of ketones is 2. The Morgan fingerprint density at radius 1 is 1.28 bits per heavy atom. The molecule has 0 spiro atoms. The molecule has 0 aromatic rings. The summed E-state index contributed by atoms with van der Waals surface area (Å²) in [5.41, 5.74) is 0.688. The molecule has 4 heteroatoms. The zero-order valence-electron chi connectivity index (χ0n) is 15.1. The number of allylic oxidation sites excluding steroid dienone is 4. The van der Waals surface area contributed by atoms with Gasteiger partial charge in [0.2, 0.25) is 0 Å². The Hall–Kier alpha value is -1.26. The molecule has 0 amide bonds. The first-order chi connectivity index (χ1) is 11.8. The van der Waals surface area contributed by atoms with Crippen LogP contribution in [0.5, 0.6) is 0 Å². The van der Waals surface area contributed by atoms with Gasteiger partial charge in [-0.25, -0.2) is 0 Å². The largest absolute Gasteiger partial charge is 0.393 e. The highest BCUT2D eigenvalue weighted by atomic mass is 16.3. The monoisotopic (exact) mass is 344 g/mol. The molecule has 3 saturated carbocycles. The molecule has 0 aliphatic heterocycles. The summed E-state index contributed by atoms with van der Waals surface area (Å²) in [6.45, 7) is 3.92. The van der Waals surface area contributed by atoms with Crippen molar-refractivity contribution in [3.05, 3.63) is 23.8 Å². The first kappa shape index (κ1) is 17.2. The molecule has 25 heavy (non-hydrogen) atoms. The van der Waals surface area contributed by atoms with Gasteiger partial charge in [0.05, 0.1) is 6.10 Å². The van der Waals surface area contributed by atoms with Crippen molar-refractivity contribution in [1.29, 1.82) is 0 Å². The summed E-state index contributed by atoms with van der Waals surface area (Å²) in [5.74, 6) is 0.734. The Morgan fingerprint density at radius 3 is 2.76 bits per heavy atom. The average Bonchev–Trinajstić information content (AvgIpc) is 2.91. The van der Waals surface area contributed by atoms with Gasteiger partial charge in [0.15, 0.2) is 11.6 Å². The van der Waals surface area contributed by atoms with Crippen molar-refractivity contribution in [1.82, 2.24) is 0 Å². The molecular formula is C21H28O4. The van der Waals surface area contributed by atoms with Gasteiger partial charge >= 0.3 is 0 Å². The van der Waals surface area contributed by atoms with Crippen LogP contribution in [0.4, 0.5) is 0 Å². The summed E-state index contributed by atoms with van der Waals surface area (Å²) >= 11 is 0. The Kier molecular flexibility index (Phi) is 3.86. The van der Waals surface area contributed by atoms with Gasteiger partial charge in [-0.05, 0) is 61.5 Å². The van der Waals surface area contributed by atoms with Gasteiger partial charge < -0.3 is 10.2 Å². The fraction of sp³-hybridized carbons (Fsp3) is 0.714. The normalized spacial score (nSPS) is 48.4. The quantitative estimate of drug-likeness (QED) is 0.807. The number of hydrogen-bond acceptors (Lipinski definition) is 4. The molecule has 3 fully saturated rings. The maximum absolute atomic E-state index is 12.3. The second-order valence-electron chi connectivity index (χ2n) is 9.05. The van der Waals surface area contributed by atoms with Crippen molar-refractivity contribution >= 4 is 11.6 Å². The molecule has 2 N–H and O–H groups in total. The summed E-state index contributed by atoms with van der Waals surface area (Å²) in [5, 5.41) is 20.5. The fourth-order valence-corrected chi connectivity index (χ4v) is 6.96. The van der Waals surface area contributed by atoms with Crippen molar-refractivity contribution in [3.63, 3.8) is 0 Å². The molecular weight excluding hydrogens is 316 g/mol. The topological polar surface area (TPSA) is 74.6 Å². The first-order valence-corrected chi connectivity index (χ1v) is 9.57. The van der Waals surface area contributed by atoms with E-state index in [1.807, 2.05) is 6.08 Å². The van der Waals surface area contributed by atoms with Crippen molar-refractivity contribution in [3.8, 4) is 0 Å². The third kappa shape index (κ3) is 2.26. The predicted molar refractivity (Wildman–Crippen MR) is 93.6 cm³/mol. The average molecular weight is 344 g/mol. The zero-order valence-corrected chi connectivity index (χ0v) is 15.1. The van der Waals surface area contributed by atoms with Crippen LogP contribution in [0.25, 0.3) is 0 Å². The molecule has 0 heterocycles. The second-order valence-corrected chi connectivity index (χ2v) is 9.05. The van der Waals surface area contributed by atoms with Crippen LogP contribution in [0.1, 0.15) is 46.0 Å². The van der Waals surface area contributed by atoms with Crippen molar-refractivity contribution in [2.45, 2.75) is 52.1 Å². The van der Waals surface area contributed by atoms with Gasteiger partial charge in [-0.2, -0.15) is 0 Å². The highest BCUT2D eigenvalue weighted by Gasteiger charge is 2.62. The summed E-state index contributed by atoms with van der Waals surface area (Å²) in [4.78, 5) is 24.1. The standard InChI is InChI=1S/C21H28O4/c1-20-8-7-13(23)9-12(20)3-4-14-15-5-6-16(18(25)11-22)21(15,2)10-17(24)19(14)20/h7-9,14-17,19,22,24H,3-6,10-11H2,1-2H3/t14?,15?,16?,17?,19?,20-,21-/m0/s1. The molecule has 0 radical (unpaired) electrons. The molecule has 0 aromatic carbocycles. The molecule has 4 nitrogen and oxygen atoms in total. The Labute approximate surface area is 149 Å². The first-order valence-electron chi connectivity index (χ1n) is 9.57. The highest BCUT2D eigenvalue weighted by Crippen LogP contribution is 2.65. The zero-order chi connectivity index (χ0) is 18.0. The van der Waals surface area contributed by atoms with Gasteiger partial charge in [-0.3, -0.25) is 9.59 Å². The number of Topliss-reactive ketones (excluding diaryl/α,β-unsaturated/α-hetero) is 1. The summed E-state index contributed by atoms with van der Waals surface area (Å²) in [6.07, 6.45) is 9.25. The molecule has 4 aliphatic rings. The Balaban J connectivity index is 1.71. The number of aliphatic hydroxyl groups excluding tert-OH is 2. The number of fused-ring (bicyclic) bond motifs is 5. The fourth-order valence-electron chi connectivity index (χ4n) is 6.96. The maximum atomic E-state index is 12.3. The van der Waals surface area contributed by atoms with Crippen molar-refractivity contribution < 1.29 is 19.8 Å². The molecule has 4 aliphatic carbocycles. The lowest BCUT2D eigenvalue weighted by Crippen LogP contribution is -2.56. The van der Waals surface area contributed by atoms with Gasteiger partial charge in [0, 0.05) is 17.3 Å². The minimum Gasteiger partial charge on any atom is -0.393 e. The van der Waals surface area contributed by atoms with E-state index in [1.165, 1.54) is 0 Å². The van der Waals surface area contributed by atoms with Crippen LogP contribution in [0.2, 0.25) is 0 Å². The lowest BCUT2D eigenvalue weighted by atomic mass is 9.46. The molecule has 136 valence electrons. The van der Waals surface area contributed by atoms with Crippen LogP contribution < -0.4 is 0 Å². The minimum atomic E-state index is -0.482. The van der Waals surface area contributed by atoms with Crippen molar-refractivity contribution in [2.24, 2.45) is 34.5 Å². The Bertz CT molecular complexity index is 677. The maximum Gasteiger partial charge on any atom is 0.178 e. The minimum absolute atomic E-state index is 0.0514. The number of carbonyl (C=O) groups excluding carboxylic acids is 2. The SMILES string of the molecule is C[C@]12CC(O)C3C(CCC4=CC(=O)C=C[C@@]43C)C1CCC2C(=O)CO.